The highest BCUT2D eigenvalue weighted by atomic mass is 32.2. The number of aliphatic hydroxyl groups excluding tert-OH is 1. The summed E-state index contributed by atoms with van der Waals surface area (Å²) in [6.07, 6.45) is 0.312. The second-order valence-corrected chi connectivity index (χ2v) is 4.62. The Hall–Kier alpha value is -1.29. The van der Waals surface area contributed by atoms with Crippen LogP contribution in [-0.2, 0) is 9.84 Å². The fourth-order valence-electron chi connectivity index (χ4n) is 0.941. The molecule has 3 nitrogen and oxygen atoms in total. The van der Waals surface area contributed by atoms with Crippen molar-refractivity contribution >= 4 is 9.84 Å². The topological polar surface area (TPSA) is 54.4 Å². The van der Waals surface area contributed by atoms with Crippen LogP contribution in [0.1, 0.15) is 13.3 Å². The van der Waals surface area contributed by atoms with Crippen molar-refractivity contribution in [1.82, 2.24) is 0 Å². The molecule has 0 atom stereocenters. The summed E-state index contributed by atoms with van der Waals surface area (Å²) in [7, 11) is -3.48. The average molecular weight is 212 g/mol. The summed E-state index contributed by atoms with van der Waals surface area (Å²) in [4.78, 5) is 0.194. The molecule has 0 fully saturated rings. The number of rotatable bonds is 3. The highest BCUT2D eigenvalue weighted by Crippen LogP contribution is 2.13. The molecule has 0 saturated heterocycles. The molecular formula is C10H12O3S. The Bertz CT molecular complexity index is 418. The van der Waals surface area contributed by atoms with Gasteiger partial charge in [0.25, 0.3) is 0 Å². The largest absolute Gasteiger partial charge is 0.512 e. The van der Waals surface area contributed by atoms with E-state index in [0.29, 0.717) is 6.42 Å². The molecule has 1 aromatic rings. The number of sulfone groups is 1. The van der Waals surface area contributed by atoms with Crippen molar-refractivity contribution in [1.29, 1.82) is 0 Å². The van der Waals surface area contributed by atoms with E-state index in [1.807, 2.05) is 0 Å². The lowest BCUT2D eigenvalue weighted by molar-refractivity contribution is 0.395. The van der Waals surface area contributed by atoms with Gasteiger partial charge in [-0.05, 0) is 12.1 Å². The molecule has 0 aliphatic carbocycles. The highest BCUT2D eigenvalue weighted by Gasteiger charge is 2.10. The number of hydrogen-bond donors (Lipinski definition) is 1. The van der Waals surface area contributed by atoms with Gasteiger partial charge in [-0.2, -0.15) is 0 Å². The van der Waals surface area contributed by atoms with Crippen molar-refractivity contribution in [3.63, 3.8) is 0 Å². The molecular weight excluding hydrogens is 200 g/mol. The van der Waals surface area contributed by atoms with Crippen LogP contribution in [0.5, 0.6) is 0 Å². The Labute approximate surface area is 83.6 Å². The first-order valence-electron chi connectivity index (χ1n) is 4.26. The Morgan fingerprint density at radius 2 is 1.93 bits per heavy atom. The van der Waals surface area contributed by atoms with E-state index in [2.05, 4.69) is 0 Å². The molecule has 0 aromatic heterocycles. The Kier molecular flexibility index (Phi) is 3.30. The fraction of sp³-hybridized carbons (Fsp3) is 0.200. The monoisotopic (exact) mass is 212 g/mol. The van der Waals surface area contributed by atoms with Crippen molar-refractivity contribution in [3.05, 3.63) is 41.5 Å². The van der Waals surface area contributed by atoms with Gasteiger partial charge in [-0.25, -0.2) is 8.42 Å². The number of hydrogen-bond acceptors (Lipinski definition) is 3. The van der Waals surface area contributed by atoms with Gasteiger partial charge in [-0.15, -0.1) is 0 Å². The summed E-state index contributed by atoms with van der Waals surface area (Å²) in [5, 5.41) is 10.0. The van der Waals surface area contributed by atoms with Crippen molar-refractivity contribution < 1.29 is 13.5 Å². The lowest BCUT2D eigenvalue weighted by Crippen LogP contribution is -1.97. The summed E-state index contributed by atoms with van der Waals surface area (Å²) in [5.74, 6) is -0.131. The first kappa shape index (κ1) is 10.8. The molecule has 0 bridgehead atoms. The van der Waals surface area contributed by atoms with Crippen LogP contribution in [0.25, 0.3) is 0 Å². The van der Waals surface area contributed by atoms with Gasteiger partial charge < -0.3 is 5.11 Å². The molecule has 0 aliphatic rings. The highest BCUT2D eigenvalue weighted by molar-refractivity contribution is 7.94. The van der Waals surface area contributed by atoms with Crippen LogP contribution in [0.15, 0.2) is 46.4 Å². The summed E-state index contributed by atoms with van der Waals surface area (Å²) < 4.78 is 23.1. The van der Waals surface area contributed by atoms with E-state index in [-0.39, 0.29) is 10.7 Å². The van der Waals surface area contributed by atoms with E-state index < -0.39 is 9.84 Å². The first-order chi connectivity index (χ1) is 6.56. The molecule has 0 amide bonds. The van der Waals surface area contributed by atoms with E-state index in [1.54, 1.807) is 25.1 Å². The lowest BCUT2D eigenvalue weighted by Gasteiger charge is -1.99. The lowest BCUT2D eigenvalue weighted by atomic mass is 10.4. The number of benzene rings is 1. The van der Waals surface area contributed by atoms with Gasteiger partial charge >= 0.3 is 0 Å². The minimum Gasteiger partial charge on any atom is -0.512 e. The second kappa shape index (κ2) is 4.28. The van der Waals surface area contributed by atoms with Crippen LogP contribution in [0.4, 0.5) is 0 Å². The van der Waals surface area contributed by atoms with Crippen LogP contribution >= 0.6 is 0 Å². The molecule has 1 rings (SSSR count). The Morgan fingerprint density at radius 3 is 2.43 bits per heavy atom. The molecule has 0 spiro atoms. The van der Waals surface area contributed by atoms with Crippen LogP contribution in [-0.4, -0.2) is 13.5 Å². The number of allylic oxidation sites excluding steroid dienone is 1. The molecule has 1 N–H and O–H groups in total. The third-order valence-electron chi connectivity index (χ3n) is 1.73. The molecule has 4 heteroatoms. The normalized spacial score (nSPS) is 12.8. The number of aliphatic hydroxyl groups is 1. The third kappa shape index (κ3) is 2.60. The molecule has 0 radical (unpaired) electrons. The van der Waals surface area contributed by atoms with E-state index in [9.17, 15) is 8.42 Å². The van der Waals surface area contributed by atoms with Crippen molar-refractivity contribution in [3.8, 4) is 0 Å². The zero-order valence-electron chi connectivity index (χ0n) is 7.84. The molecule has 0 saturated carbocycles. The van der Waals surface area contributed by atoms with E-state index in [0.717, 1.165) is 5.41 Å². The Balaban J connectivity index is 3.11. The summed E-state index contributed by atoms with van der Waals surface area (Å²) in [5.41, 5.74) is 0. The van der Waals surface area contributed by atoms with Crippen LogP contribution < -0.4 is 0 Å². The maximum atomic E-state index is 11.6. The second-order valence-electron chi connectivity index (χ2n) is 2.82. The minimum absolute atomic E-state index is 0.131. The molecule has 1 aromatic carbocycles. The maximum absolute atomic E-state index is 11.6. The van der Waals surface area contributed by atoms with Gasteiger partial charge in [0, 0.05) is 6.42 Å². The quantitative estimate of drug-likeness (QED) is 0.782. The molecule has 14 heavy (non-hydrogen) atoms. The maximum Gasteiger partial charge on any atom is 0.203 e. The van der Waals surface area contributed by atoms with Crippen LogP contribution in [0, 0.1) is 0 Å². The molecule has 0 unspecified atom stereocenters. The van der Waals surface area contributed by atoms with Crippen molar-refractivity contribution in [2.75, 3.05) is 0 Å². The summed E-state index contributed by atoms with van der Waals surface area (Å²) in [6.45, 7) is 1.69. The Morgan fingerprint density at radius 1 is 1.36 bits per heavy atom. The van der Waals surface area contributed by atoms with Crippen LogP contribution in [0.3, 0.4) is 0 Å². The summed E-state index contributed by atoms with van der Waals surface area (Å²) >= 11 is 0. The average Bonchev–Trinajstić information content (AvgIpc) is 2.18. The molecule has 0 aliphatic heterocycles. The zero-order valence-corrected chi connectivity index (χ0v) is 8.66. The fourth-order valence-corrected chi connectivity index (χ4v) is 2.14. The van der Waals surface area contributed by atoms with Gasteiger partial charge in [-0.3, -0.25) is 0 Å². The van der Waals surface area contributed by atoms with Gasteiger partial charge in [0.05, 0.1) is 10.3 Å². The standard InChI is InChI=1S/C10H12O3S/c1-2-9(11)8-14(12,13)10-6-4-3-5-7-10/h3-8,11H,2H2,1H3/b9-8-. The van der Waals surface area contributed by atoms with Crippen molar-refractivity contribution in [2.45, 2.75) is 18.2 Å². The van der Waals surface area contributed by atoms with Gasteiger partial charge in [0.2, 0.25) is 9.84 Å². The minimum atomic E-state index is -3.48. The van der Waals surface area contributed by atoms with Crippen LogP contribution in [0.2, 0.25) is 0 Å². The van der Waals surface area contributed by atoms with Gasteiger partial charge in [0.1, 0.15) is 5.76 Å². The van der Waals surface area contributed by atoms with Gasteiger partial charge in [0.15, 0.2) is 0 Å². The predicted octanol–water partition coefficient (Wildman–Crippen LogP) is 2.27. The van der Waals surface area contributed by atoms with Crippen molar-refractivity contribution in [2.24, 2.45) is 0 Å². The first-order valence-corrected chi connectivity index (χ1v) is 5.80. The SMILES string of the molecule is CC/C(O)=C/S(=O)(=O)c1ccccc1. The van der Waals surface area contributed by atoms with E-state index >= 15 is 0 Å². The van der Waals surface area contributed by atoms with Gasteiger partial charge in [-0.1, -0.05) is 25.1 Å². The summed E-state index contributed by atoms with van der Waals surface area (Å²) in [6, 6.07) is 8.01. The third-order valence-corrected chi connectivity index (χ3v) is 3.24. The molecule has 0 heterocycles. The molecule has 76 valence electrons. The van der Waals surface area contributed by atoms with E-state index in [1.165, 1.54) is 12.1 Å². The van der Waals surface area contributed by atoms with E-state index in [4.69, 9.17) is 5.11 Å². The predicted molar refractivity (Wildman–Crippen MR) is 54.6 cm³/mol. The smallest absolute Gasteiger partial charge is 0.203 e. The zero-order chi connectivity index (χ0) is 10.6.